The topological polar surface area (TPSA) is 80.7 Å². The van der Waals surface area contributed by atoms with Crippen molar-refractivity contribution in [1.82, 2.24) is 0 Å². The molecule has 5 nitrogen and oxygen atoms in total. The minimum Gasteiger partial charge on any atom is -0.481 e. The monoisotopic (exact) mass is 374 g/mol. The Balaban J connectivity index is 1.45. The Morgan fingerprint density at radius 3 is 2.70 bits per heavy atom. The molecular weight excluding hydrogens is 344 g/mol. The number of ether oxygens (including phenoxy) is 1. The highest BCUT2D eigenvalue weighted by atomic mass is 16.5. The van der Waals surface area contributed by atoms with Crippen molar-refractivity contribution in [1.29, 1.82) is 0 Å². The Morgan fingerprint density at radius 2 is 1.93 bits per heavy atom. The fourth-order valence-corrected chi connectivity index (χ4v) is 6.75. The zero-order valence-electron chi connectivity index (χ0n) is 16.1. The molecule has 0 spiro atoms. The summed E-state index contributed by atoms with van der Waals surface area (Å²) in [5.74, 6) is 1.48. The van der Waals surface area contributed by atoms with Gasteiger partial charge in [-0.2, -0.15) is 0 Å². The average molecular weight is 374 g/mol. The molecule has 0 bridgehead atoms. The number of rotatable bonds is 4. The van der Waals surface area contributed by atoms with Crippen LogP contribution in [-0.2, 0) is 19.1 Å². The second-order valence-corrected chi connectivity index (χ2v) is 9.30. The lowest BCUT2D eigenvalue weighted by Crippen LogP contribution is -2.48. The van der Waals surface area contributed by atoms with Crippen LogP contribution in [-0.4, -0.2) is 28.9 Å². The molecule has 4 rings (SSSR count). The van der Waals surface area contributed by atoms with E-state index in [-0.39, 0.29) is 30.3 Å². The number of hydrogen-bond acceptors (Lipinski definition) is 4. The van der Waals surface area contributed by atoms with Crippen LogP contribution in [0.1, 0.15) is 71.1 Å². The number of allylic oxidation sites excluding steroid dienone is 1. The summed E-state index contributed by atoms with van der Waals surface area (Å²) >= 11 is 0. The summed E-state index contributed by atoms with van der Waals surface area (Å²) in [6.45, 7) is 2.28. The molecule has 0 unspecified atom stereocenters. The average Bonchev–Trinajstić information content (AvgIpc) is 2.96. The van der Waals surface area contributed by atoms with Crippen LogP contribution in [0.4, 0.5) is 0 Å². The zero-order chi connectivity index (χ0) is 19.2. The number of aliphatic carboxylic acids is 1. The Kier molecular flexibility index (Phi) is 4.89. The van der Waals surface area contributed by atoms with Crippen molar-refractivity contribution in [2.24, 2.45) is 29.1 Å². The molecule has 0 heterocycles. The SMILES string of the molecule is C[C@]12CC[C@H]3[C@H](CCC4=CC(=O)CC[C@H]43)[C@@H]1CC[C@@H]2OC(=O)CCC(=O)O. The molecule has 6 atom stereocenters. The molecule has 4 aliphatic carbocycles. The molecule has 0 amide bonds. The van der Waals surface area contributed by atoms with Gasteiger partial charge in [-0.15, -0.1) is 0 Å². The lowest BCUT2D eigenvalue weighted by molar-refractivity contribution is -0.160. The van der Waals surface area contributed by atoms with Crippen molar-refractivity contribution >= 4 is 17.7 Å². The Bertz CT molecular complexity index is 680. The Labute approximate surface area is 160 Å². The number of esters is 1. The van der Waals surface area contributed by atoms with Crippen molar-refractivity contribution in [3.8, 4) is 0 Å². The van der Waals surface area contributed by atoms with E-state index in [4.69, 9.17) is 9.84 Å². The number of carboxylic acid groups (broad SMARTS) is 1. The highest BCUT2D eigenvalue weighted by Gasteiger charge is 2.57. The summed E-state index contributed by atoms with van der Waals surface area (Å²) in [4.78, 5) is 34.6. The van der Waals surface area contributed by atoms with Gasteiger partial charge in [0.05, 0.1) is 12.8 Å². The van der Waals surface area contributed by atoms with Gasteiger partial charge in [0, 0.05) is 11.8 Å². The predicted octanol–water partition coefficient (Wildman–Crippen LogP) is 3.90. The molecule has 0 radical (unpaired) electrons. The van der Waals surface area contributed by atoms with E-state index in [1.807, 2.05) is 6.08 Å². The highest BCUT2D eigenvalue weighted by molar-refractivity contribution is 5.91. The van der Waals surface area contributed by atoms with E-state index < -0.39 is 5.97 Å². The molecule has 1 N–H and O–H groups in total. The van der Waals surface area contributed by atoms with Crippen LogP contribution in [0.15, 0.2) is 11.6 Å². The van der Waals surface area contributed by atoms with E-state index in [0.717, 1.165) is 44.9 Å². The molecule has 0 aromatic carbocycles. The summed E-state index contributed by atoms with van der Waals surface area (Å²) in [6.07, 6.45) is 9.78. The first kappa shape index (κ1) is 18.7. The first-order valence-electron chi connectivity index (χ1n) is 10.5. The summed E-state index contributed by atoms with van der Waals surface area (Å²) in [7, 11) is 0. The van der Waals surface area contributed by atoms with Crippen LogP contribution in [0.25, 0.3) is 0 Å². The number of carbonyl (C=O) groups is 3. The second-order valence-electron chi connectivity index (χ2n) is 9.30. The van der Waals surface area contributed by atoms with Gasteiger partial charge in [0.25, 0.3) is 0 Å². The maximum absolute atomic E-state index is 12.1. The molecule has 3 saturated carbocycles. The van der Waals surface area contributed by atoms with Crippen LogP contribution >= 0.6 is 0 Å². The van der Waals surface area contributed by atoms with Crippen LogP contribution < -0.4 is 0 Å². The van der Waals surface area contributed by atoms with E-state index in [2.05, 4.69) is 6.92 Å². The molecular formula is C22H30O5. The summed E-state index contributed by atoms with van der Waals surface area (Å²) in [5.41, 5.74) is 1.41. The number of hydrogen-bond donors (Lipinski definition) is 1. The largest absolute Gasteiger partial charge is 0.481 e. The molecule has 27 heavy (non-hydrogen) atoms. The first-order valence-corrected chi connectivity index (χ1v) is 10.5. The number of carboxylic acids is 1. The third-order valence-corrected chi connectivity index (χ3v) is 8.03. The van der Waals surface area contributed by atoms with E-state index in [0.29, 0.717) is 35.9 Å². The molecule has 4 aliphatic rings. The molecule has 0 aromatic heterocycles. The third-order valence-electron chi connectivity index (χ3n) is 8.03. The standard InChI is InChI=1S/C22H30O5/c1-22-11-10-16-15-5-3-14(23)12-13(15)2-4-17(16)18(22)6-7-19(22)27-21(26)9-8-20(24)25/h12,15-19H,2-11H2,1H3,(H,24,25)/t15-,16-,17+,18+,19+,22+/m1/s1. The van der Waals surface area contributed by atoms with Crippen molar-refractivity contribution in [2.45, 2.75) is 77.2 Å². The Hall–Kier alpha value is -1.65. The van der Waals surface area contributed by atoms with E-state index in [9.17, 15) is 14.4 Å². The van der Waals surface area contributed by atoms with E-state index >= 15 is 0 Å². The van der Waals surface area contributed by atoms with Gasteiger partial charge in [0.1, 0.15) is 6.10 Å². The van der Waals surface area contributed by atoms with Gasteiger partial charge >= 0.3 is 11.9 Å². The summed E-state index contributed by atoms with van der Waals surface area (Å²) in [6, 6.07) is 0. The first-order chi connectivity index (χ1) is 12.9. The van der Waals surface area contributed by atoms with Gasteiger partial charge < -0.3 is 9.84 Å². The lowest BCUT2D eigenvalue weighted by Gasteiger charge is -2.53. The molecule has 0 saturated heterocycles. The van der Waals surface area contributed by atoms with Gasteiger partial charge in [0.2, 0.25) is 0 Å². The number of fused-ring (bicyclic) bond motifs is 5. The fraction of sp³-hybridized carbons (Fsp3) is 0.773. The second kappa shape index (κ2) is 7.06. The van der Waals surface area contributed by atoms with Gasteiger partial charge in [-0.3, -0.25) is 14.4 Å². The van der Waals surface area contributed by atoms with E-state index in [1.54, 1.807) is 0 Å². The third kappa shape index (κ3) is 3.34. The fourth-order valence-electron chi connectivity index (χ4n) is 6.75. The van der Waals surface area contributed by atoms with Crippen molar-refractivity contribution in [3.63, 3.8) is 0 Å². The normalized spacial score (nSPS) is 40.4. The molecule has 148 valence electrons. The van der Waals surface area contributed by atoms with Crippen LogP contribution in [0.2, 0.25) is 0 Å². The predicted molar refractivity (Wildman–Crippen MR) is 98.8 cm³/mol. The quantitative estimate of drug-likeness (QED) is 0.755. The van der Waals surface area contributed by atoms with Crippen LogP contribution in [0, 0.1) is 29.1 Å². The zero-order valence-corrected chi connectivity index (χ0v) is 16.1. The van der Waals surface area contributed by atoms with Crippen LogP contribution in [0.5, 0.6) is 0 Å². The molecule has 0 aliphatic heterocycles. The van der Waals surface area contributed by atoms with Gasteiger partial charge in [0.15, 0.2) is 5.78 Å². The minimum atomic E-state index is -0.958. The Morgan fingerprint density at radius 1 is 1.11 bits per heavy atom. The van der Waals surface area contributed by atoms with Crippen molar-refractivity contribution in [2.75, 3.05) is 0 Å². The lowest BCUT2D eigenvalue weighted by atomic mass is 9.52. The molecule has 3 fully saturated rings. The van der Waals surface area contributed by atoms with Gasteiger partial charge in [-0.1, -0.05) is 12.5 Å². The molecule has 5 heteroatoms. The summed E-state index contributed by atoms with van der Waals surface area (Å²) < 4.78 is 5.78. The smallest absolute Gasteiger partial charge is 0.306 e. The number of carbonyl (C=O) groups excluding carboxylic acids is 2. The maximum Gasteiger partial charge on any atom is 0.306 e. The maximum atomic E-state index is 12.1. The van der Waals surface area contributed by atoms with Crippen molar-refractivity contribution < 1.29 is 24.2 Å². The number of ketones is 1. The van der Waals surface area contributed by atoms with Crippen molar-refractivity contribution in [3.05, 3.63) is 11.6 Å². The van der Waals surface area contributed by atoms with E-state index in [1.165, 1.54) is 5.57 Å². The van der Waals surface area contributed by atoms with Gasteiger partial charge in [-0.05, 0) is 74.7 Å². The van der Waals surface area contributed by atoms with Crippen LogP contribution in [0.3, 0.4) is 0 Å². The molecule has 0 aromatic rings. The summed E-state index contributed by atoms with van der Waals surface area (Å²) in [5, 5.41) is 8.77. The highest BCUT2D eigenvalue weighted by Crippen LogP contribution is 2.62. The van der Waals surface area contributed by atoms with Gasteiger partial charge in [-0.25, -0.2) is 0 Å². The minimum absolute atomic E-state index is 0.0196.